The van der Waals surface area contributed by atoms with E-state index in [1.165, 1.54) is 12.0 Å². The van der Waals surface area contributed by atoms with Crippen LogP contribution in [-0.4, -0.2) is 35.6 Å². The second-order valence-electron chi connectivity index (χ2n) is 8.89. The molecule has 0 bridgehead atoms. The minimum absolute atomic E-state index is 0.216. The molecule has 3 aliphatic heterocycles. The number of rotatable bonds is 4. The summed E-state index contributed by atoms with van der Waals surface area (Å²) >= 11 is 6.04. The van der Waals surface area contributed by atoms with Gasteiger partial charge in [0.1, 0.15) is 11.8 Å². The lowest BCUT2D eigenvalue weighted by atomic mass is 9.83. The zero-order chi connectivity index (χ0) is 24.3. The van der Waals surface area contributed by atoms with Gasteiger partial charge in [0.05, 0.1) is 30.7 Å². The van der Waals surface area contributed by atoms with Gasteiger partial charge in [-0.2, -0.15) is 0 Å². The number of hydrogen-bond acceptors (Lipinski definition) is 5. The van der Waals surface area contributed by atoms with Crippen molar-refractivity contribution in [2.24, 2.45) is 11.8 Å². The van der Waals surface area contributed by atoms with Crippen molar-refractivity contribution in [1.82, 2.24) is 4.90 Å². The van der Waals surface area contributed by atoms with Crippen molar-refractivity contribution in [2.45, 2.75) is 12.1 Å². The van der Waals surface area contributed by atoms with Crippen molar-refractivity contribution in [1.29, 1.82) is 0 Å². The predicted molar refractivity (Wildman–Crippen MR) is 132 cm³/mol. The lowest BCUT2D eigenvalue weighted by Crippen LogP contribution is -2.44. The van der Waals surface area contributed by atoms with Crippen molar-refractivity contribution in [2.75, 3.05) is 12.0 Å². The van der Waals surface area contributed by atoms with E-state index in [2.05, 4.69) is 0 Å². The van der Waals surface area contributed by atoms with Gasteiger partial charge in [0, 0.05) is 16.8 Å². The molecule has 6 rings (SSSR count). The normalized spacial score (nSPS) is 24.3. The van der Waals surface area contributed by atoms with Crippen molar-refractivity contribution < 1.29 is 19.1 Å². The lowest BCUT2D eigenvalue weighted by Gasteiger charge is -2.35. The summed E-state index contributed by atoms with van der Waals surface area (Å²) in [5.41, 5.74) is 2.74. The minimum atomic E-state index is -0.837. The molecule has 0 aromatic heterocycles. The predicted octanol–water partition coefficient (Wildman–Crippen LogP) is 4.75. The number of nitrogens with zero attached hydrogens (tertiary/aromatic N) is 2. The van der Waals surface area contributed by atoms with Crippen LogP contribution in [0.4, 0.5) is 5.69 Å². The molecule has 174 valence electrons. The second-order valence-corrected chi connectivity index (χ2v) is 9.32. The van der Waals surface area contributed by atoms with Gasteiger partial charge in [0.25, 0.3) is 0 Å². The molecule has 7 heteroatoms. The number of amides is 2. The van der Waals surface area contributed by atoms with E-state index in [1.807, 2.05) is 41.4 Å². The summed E-state index contributed by atoms with van der Waals surface area (Å²) in [5.74, 6) is -2.05. The van der Waals surface area contributed by atoms with Gasteiger partial charge in [-0.15, -0.1) is 0 Å². The fraction of sp³-hybridized carbons (Fsp3) is 0.179. The molecule has 3 heterocycles. The third-order valence-electron chi connectivity index (χ3n) is 7.19. The molecule has 6 nitrogen and oxygen atoms in total. The van der Waals surface area contributed by atoms with Crippen LogP contribution in [0.25, 0.3) is 6.08 Å². The topological polar surface area (TPSA) is 66.9 Å². The van der Waals surface area contributed by atoms with Crippen LogP contribution in [-0.2, 0) is 9.59 Å². The van der Waals surface area contributed by atoms with E-state index in [9.17, 15) is 14.4 Å². The number of methoxy groups -OCH3 is 1. The van der Waals surface area contributed by atoms with Crippen LogP contribution in [0.3, 0.4) is 0 Å². The quantitative estimate of drug-likeness (QED) is 0.395. The van der Waals surface area contributed by atoms with E-state index in [0.29, 0.717) is 22.0 Å². The molecule has 4 atom stereocenters. The highest BCUT2D eigenvalue weighted by Gasteiger charge is 2.64. The number of para-hydroxylation sites is 2. The van der Waals surface area contributed by atoms with Crippen LogP contribution in [0.5, 0.6) is 5.75 Å². The maximum atomic E-state index is 14.0. The number of benzene rings is 3. The molecule has 0 radical (unpaired) electrons. The van der Waals surface area contributed by atoms with Crippen LogP contribution in [0.15, 0.2) is 79.0 Å². The third-order valence-corrected chi connectivity index (χ3v) is 7.44. The van der Waals surface area contributed by atoms with Crippen LogP contribution >= 0.6 is 11.6 Å². The molecule has 0 aliphatic carbocycles. The fourth-order valence-electron chi connectivity index (χ4n) is 5.69. The first kappa shape index (κ1) is 21.6. The van der Waals surface area contributed by atoms with Crippen LogP contribution < -0.4 is 9.64 Å². The zero-order valence-corrected chi connectivity index (χ0v) is 19.6. The van der Waals surface area contributed by atoms with E-state index < -0.39 is 29.8 Å². The molecule has 0 saturated carbocycles. The van der Waals surface area contributed by atoms with Gasteiger partial charge in [-0.05, 0) is 53.6 Å². The summed E-state index contributed by atoms with van der Waals surface area (Å²) in [5, 5.41) is 0.519. The Balaban J connectivity index is 1.51. The molecule has 0 spiro atoms. The standard InChI is InChI=1S/C28H21ClN2O4/c1-35-21-9-5-4-8-20(21)31-27(33)22-23(28(31)34)25(26(32)17-10-12-18(29)13-11-17)30-15-14-16-6-2-3-7-19(16)24(22)30/h2-15,22-25H,1H3/t22-,23+,24?,25-/m1/s1. The Bertz CT molecular complexity index is 1400. The van der Waals surface area contributed by atoms with Crippen LogP contribution in [0.1, 0.15) is 27.5 Å². The van der Waals surface area contributed by atoms with E-state index in [1.54, 1.807) is 48.5 Å². The molecule has 2 fully saturated rings. The smallest absolute Gasteiger partial charge is 0.240 e. The molecule has 3 aliphatic rings. The Kier molecular flexibility index (Phi) is 5.00. The number of carbonyl (C=O) groups excluding carboxylic acids is 3. The Labute approximate surface area is 207 Å². The molecule has 35 heavy (non-hydrogen) atoms. The minimum Gasteiger partial charge on any atom is -0.495 e. The Hall–Kier alpha value is -3.90. The number of anilines is 1. The van der Waals surface area contributed by atoms with Crippen molar-refractivity contribution in [3.05, 3.63) is 101 Å². The number of hydrogen-bond donors (Lipinski definition) is 0. The average molecular weight is 485 g/mol. The summed E-state index contributed by atoms with van der Waals surface area (Å²) in [6, 6.07) is 20.1. The highest BCUT2D eigenvalue weighted by Crippen LogP contribution is 2.54. The number of ketones is 1. The van der Waals surface area contributed by atoms with E-state index in [0.717, 1.165) is 11.1 Å². The maximum absolute atomic E-state index is 14.0. The van der Waals surface area contributed by atoms with Gasteiger partial charge in [-0.25, -0.2) is 4.90 Å². The molecule has 2 amide bonds. The molecular formula is C28H21ClN2O4. The molecule has 2 saturated heterocycles. The largest absolute Gasteiger partial charge is 0.495 e. The summed E-state index contributed by atoms with van der Waals surface area (Å²) in [6.45, 7) is 0. The van der Waals surface area contributed by atoms with Gasteiger partial charge in [-0.3, -0.25) is 14.4 Å². The Morgan fingerprint density at radius 2 is 1.57 bits per heavy atom. The van der Waals surface area contributed by atoms with Gasteiger partial charge in [-0.1, -0.05) is 48.0 Å². The monoisotopic (exact) mass is 484 g/mol. The summed E-state index contributed by atoms with van der Waals surface area (Å²) in [6.07, 6.45) is 3.78. The first-order valence-electron chi connectivity index (χ1n) is 11.4. The number of Topliss-reactive ketones (excluding diaryl/α,β-unsaturated/α-hetero) is 1. The van der Waals surface area contributed by atoms with Gasteiger partial charge < -0.3 is 9.64 Å². The molecule has 3 aromatic rings. The van der Waals surface area contributed by atoms with E-state index in [-0.39, 0.29) is 11.7 Å². The third kappa shape index (κ3) is 3.13. The molecule has 3 aromatic carbocycles. The molecule has 0 N–H and O–H groups in total. The maximum Gasteiger partial charge on any atom is 0.240 e. The van der Waals surface area contributed by atoms with Gasteiger partial charge in [0.2, 0.25) is 11.8 Å². The highest BCUT2D eigenvalue weighted by atomic mass is 35.5. The number of ether oxygens (including phenoxy) is 1. The summed E-state index contributed by atoms with van der Waals surface area (Å²) in [7, 11) is 1.50. The highest BCUT2D eigenvalue weighted by molar-refractivity contribution is 6.30. The second kappa shape index (κ2) is 8.10. The number of carbonyl (C=O) groups is 3. The fourth-order valence-corrected chi connectivity index (χ4v) is 5.82. The van der Waals surface area contributed by atoms with Crippen LogP contribution in [0.2, 0.25) is 5.02 Å². The van der Waals surface area contributed by atoms with E-state index in [4.69, 9.17) is 16.3 Å². The van der Waals surface area contributed by atoms with Crippen molar-refractivity contribution >= 4 is 41.0 Å². The van der Waals surface area contributed by atoms with Gasteiger partial charge in [0.15, 0.2) is 5.78 Å². The van der Waals surface area contributed by atoms with E-state index >= 15 is 0 Å². The number of halogens is 1. The average Bonchev–Trinajstić information content (AvgIpc) is 3.36. The Morgan fingerprint density at radius 3 is 2.34 bits per heavy atom. The SMILES string of the molecule is COc1ccccc1N1C(=O)[C@H]2[C@@H](C1=O)C1c3ccccc3C=CN1[C@H]2C(=O)c1ccc(Cl)cc1. The first-order valence-corrected chi connectivity index (χ1v) is 11.7. The van der Waals surface area contributed by atoms with Crippen LogP contribution in [0, 0.1) is 11.8 Å². The van der Waals surface area contributed by atoms with Crippen molar-refractivity contribution in [3.63, 3.8) is 0 Å². The molecule has 1 unspecified atom stereocenters. The van der Waals surface area contributed by atoms with Gasteiger partial charge >= 0.3 is 0 Å². The number of imide groups is 1. The summed E-state index contributed by atoms with van der Waals surface area (Å²) < 4.78 is 5.45. The Morgan fingerprint density at radius 1 is 0.886 bits per heavy atom. The first-order chi connectivity index (χ1) is 17.0. The number of fused-ring (bicyclic) bond motifs is 5. The summed E-state index contributed by atoms with van der Waals surface area (Å²) in [4.78, 5) is 44.9. The molecular weight excluding hydrogens is 464 g/mol. The van der Waals surface area contributed by atoms with Crippen molar-refractivity contribution in [3.8, 4) is 5.75 Å². The zero-order valence-electron chi connectivity index (χ0n) is 18.8. The lowest BCUT2D eigenvalue weighted by molar-refractivity contribution is -0.123.